The van der Waals surface area contributed by atoms with Crippen molar-refractivity contribution in [1.29, 1.82) is 0 Å². The van der Waals surface area contributed by atoms with Gasteiger partial charge in [0.1, 0.15) is 12.4 Å². The number of likely N-dealkylation sites (N-methyl/N-ethyl adjacent to an activating group) is 1. The van der Waals surface area contributed by atoms with Gasteiger partial charge in [0, 0.05) is 23.1 Å². The Morgan fingerprint density at radius 3 is 3.10 bits per heavy atom. The minimum atomic E-state index is 0.519. The Kier molecular flexibility index (Phi) is 4.18. The summed E-state index contributed by atoms with van der Waals surface area (Å²) < 4.78 is 5.62. The van der Waals surface area contributed by atoms with E-state index in [9.17, 15) is 0 Å². The standard InChI is InChI=1S/C16H21ClN2O/c1-19-7-2-3-13(19)9-12-11-18-16-5-4-14(10-15(12)16)20-8-6-17/h4-5,10-11,13,18H,2-3,6-9H2,1H3/t13-/m1/s1. The van der Waals surface area contributed by atoms with Gasteiger partial charge in [-0.3, -0.25) is 0 Å². The third kappa shape index (κ3) is 2.79. The quantitative estimate of drug-likeness (QED) is 0.855. The zero-order chi connectivity index (χ0) is 13.9. The van der Waals surface area contributed by atoms with Crippen molar-refractivity contribution in [2.24, 2.45) is 0 Å². The van der Waals surface area contributed by atoms with Crippen LogP contribution in [0.25, 0.3) is 10.9 Å². The Morgan fingerprint density at radius 1 is 1.45 bits per heavy atom. The predicted octanol–water partition coefficient (Wildman–Crippen LogP) is 3.42. The number of halogens is 1. The first-order chi connectivity index (χ1) is 9.78. The maximum absolute atomic E-state index is 5.67. The second kappa shape index (κ2) is 6.06. The van der Waals surface area contributed by atoms with Crippen LogP contribution < -0.4 is 4.74 Å². The smallest absolute Gasteiger partial charge is 0.120 e. The highest BCUT2D eigenvalue weighted by Crippen LogP contribution is 2.27. The monoisotopic (exact) mass is 292 g/mol. The molecule has 1 aliphatic rings. The zero-order valence-corrected chi connectivity index (χ0v) is 12.6. The number of benzene rings is 1. The molecule has 1 saturated heterocycles. The number of likely N-dealkylation sites (tertiary alicyclic amines) is 1. The van der Waals surface area contributed by atoms with Gasteiger partial charge in [-0.25, -0.2) is 0 Å². The van der Waals surface area contributed by atoms with Crippen molar-refractivity contribution in [2.75, 3.05) is 26.1 Å². The van der Waals surface area contributed by atoms with E-state index in [4.69, 9.17) is 16.3 Å². The van der Waals surface area contributed by atoms with Gasteiger partial charge in [0.05, 0.1) is 5.88 Å². The van der Waals surface area contributed by atoms with E-state index in [1.54, 1.807) is 0 Å². The first kappa shape index (κ1) is 13.8. The number of alkyl halides is 1. The molecule has 0 radical (unpaired) electrons. The first-order valence-electron chi connectivity index (χ1n) is 7.27. The van der Waals surface area contributed by atoms with Gasteiger partial charge in [0.15, 0.2) is 0 Å². The van der Waals surface area contributed by atoms with Crippen molar-refractivity contribution in [3.63, 3.8) is 0 Å². The maximum atomic E-state index is 5.67. The number of ether oxygens (including phenoxy) is 1. The predicted molar refractivity (Wildman–Crippen MR) is 83.9 cm³/mol. The highest BCUT2D eigenvalue weighted by molar-refractivity contribution is 6.18. The molecule has 0 spiro atoms. The molecule has 1 atom stereocenters. The van der Waals surface area contributed by atoms with Crippen LogP contribution in [0.1, 0.15) is 18.4 Å². The van der Waals surface area contributed by atoms with Gasteiger partial charge >= 0.3 is 0 Å². The minimum Gasteiger partial charge on any atom is -0.492 e. The molecule has 0 unspecified atom stereocenters. The Labute approximate surface area is 124 Å². The molecule has 3 rings (SSSR count). The minimum absolute atomic E-state index is 0.519. The van der Waals surface area contributed by atoms with Gasteiger partial charge in [-0.15, -0.1) is 11.6 Å². The summed E-state index contributed by atoms with van der Waals surface area (Å²) in [5.74, 6) is 1.42. The average molecular weight is 293 g/mol. The Hall–Kier alpha value is -1.19. The second-order valence-electron chi connectivity index (χ2n) is 5.54. The largest absolute Gasteiger partial charge is 0.492 e. The third-order valence-electron chi connectivity index (χ3n) is 4.21. The maximum Gasteiger partial charge on any atom is 0.120 e. The molecule has 3 nitrogen and oxygen atoms in total. The molecule has 1 N–H and O–H groups in total. The molecule has 0 amide bonds. The summed E-state index contributed by atoms with van der Waals surface area (Å²) in [7, 11) is 2.22. The topological polar surface area (TPSA) is 28.3 Å². The Balaban J connectivity index is 1.83. The van der Waals surface area contributed by atoms with Crippen molar-refractivity contribution < 1.29 is 4.74 Å². The van der Waals surface area contributed by atoms with E-state index in [1.165, 1.54) is 35.9 Å². The molecule has 1 fully saturated rings. The van der Waals surface area contributed by atoms with E-state index in [1.807, 2.05) is 6.07 Å². The summed E-state index contributed by atoms with van der Waals surface area (Å²) in [6.07, 6.45) is 5.86. The molecule has 0 saturated carbocycles. The van der Waals surface area contributed by atoms with E-state index in [2.05, 4.69) is 35.3 Å². The van der Waals surface area contributed by atoms with Crippen molar-refractivity contribution in [2.45, 2.75) is 25.3 Å². The fraction of sp³-hybridized carbons (Fsp3) is 0.500. The second-order valence-corrected chi connectivity index (χ2v) is 5.92. The number of fused-ring (bicyclic) bond motifs is 1. The van der Waals surface area contributed by atoms with Crippen molar-refractivity contribution >= 4 is 22.5 Å². The number of aromatic amines is 1. The summed E-state index contributed by atoms with van der Waals surface area (Å²) in [4.78, 5) is 5.83. The summed E-state index contributed by atoms with van der Waals surface area (Å²) in [6, 6.07) is 6.88. The summed E-state index contributed by atoms with van der Waals surface area (Å²) in [5, 5.41) is 1.28. The zero-order valence-electron chi connectivity index (χ0n) is 11.9. The number of hydrogen-bond donors (Lipinski definition) is 1. The lowest BCUT2D eigenvalue weighted by Crippen LogP contribution is -2.26. The third-order valence-corrected chi connectivity index (χ3v) is 4.37. The van der Waals surface area contributed by atoms with Gasteiger partial charge in [-0.05, 0) is 56.6 Å². The molecule has 2 aromatic rings. The highest BCUT2D eigenvalue weighted by atomic mass is 35.5. The molecule has 1 aliphatic heterocycles. The molecule has 20 heavy (non-hydrogen) atoms. The number of aromatic nitrogens is 1. The molecule has 108 valence electrons. The fourth-order valence-corrected chi connectivity index (χ4v) is 3.14. The van der Waals surface area contributed by atoms with E-state index in [0.717, 1.165) is 12.2 Å². The first-order valence-corrected chi connectivity index (χ1v) is 7.80. The fourth-order valence-electron chi connectivity index (χ4n) is 3.06. The van der Waals surface area contributed by atoms with Crippen LogP contribution >= 0.6 is 11.6 Å². The van der Waals surface area contributed by atoms with E-state index >= 15 is 0 Å². The normalized spacial score (nSPS) is 19.8. The average Bonchev–Trinajstić information content (AvgIpc) is 3.04. The summed E-state index contributed by atoms with van der Waals surface area (Å²) in [6.45, 7) is 1.77. The molecule has 0 bridgehead atoms. The lowest BCUT2D eigenvalue weighted by molar-refractivity contribution is 0.310. The van der Waals surface area contributed by atoms with E-state index in [-0.39, 0.29) is 0 Å². The lowest BCUT2D eigenvalue weighted by Gasteiger charge is -2.18. The molecule has 1 aromatic carbocycles. The van der Waals surface area contributed by atoms with Gasteiger partial charge in [-0.1, -0.05) is 0 Å². The van der Waals surface area contributed by atoms with Gasteiger partial charge in [0.2, 0.25) is 0 Å². The van der Waals surface area contributed by atoms with Crippen molar-refractivity contribution in [3.8, 4) is 5.75 Å². The van der Waals surface area contributed by atoms with Crippen molar-refractivity contribution in [1.82, 2.24) is 9.88 Å². The molecular formula is C16H21ClN2O. The molecule has 2 heterocycles. The van der Waals surface area contributed by atoms with Gasteiger partial charge < -0.3 is 14.6 Å². The van der Waals surface area contributed by atoms with Gasteiger partial charge in [0.25, 0.3) is 0 Å². The van der Waals surface area contributed by atoms with Crippen LogP contribution in [0.15, 0.2) is 24.4 Å². The van der Waals surface area contributed by atoms with Crippen LogP contribution in [-0.4, -0.2) is 42.0 Å². The summed E-state index contributed by atoms with van der Waals surface area (Å²) >= 11 is 5.67. The number of rotatable bonds is 5. The molecule has 0 aliphatic carbocycles. The Morgan fingerprint density at radius 2 is 2.35 bits per heavy atom. The SMILES string of the molecule is CN1CCC[C@@H]1Cc1c[nH]c2ccc(OCCCl)cc12. The van der Waals surface area contributed by atoms with Crippen LogP contribution in [0.4, 0.5) is 0 Å². The van der Waals surface area contributed by atoms with Crippen LogP contribution in [0.5, 0.6) is 5.75 Å². The van der Waals surface area contributed by atoms with Crippen LogP contribution in [0.2, 0.25) is 0 Å². The number of hydrogen-bond acceptors (Lipinski definition) is 2. The van der Waals surface area contributed by atoms with E-state index < -0.39 is 0 Å². The Bertz CT molecular complexity index is 581. The van der Waals surface area contributed by atoms with Crippen LogP contribution in [0, 0.1) is 0 Å². The number of H-pyrrole nitrogens is 1. The molecular weight excluding hydrogens is 272 g/mol. The van der Waals surface area contributed by atoms with E-state index in [0.29, 0.717) is 18.5 Å². The lowest BCUT2D eigenvalue weighted by atomic mass is 10.0. The van der Waals surface area contributed by atoms with Gasteiger partial charge in [-0.2, -0.15) is 0 Å². The van der Waals surface area contributed by atoms with Crippen LogP contribution in [0.3, 0.4) is 0 Å². The number of nitrogens with one attached hydrogen (secondary N) is 1. The van der Waals surface area contributed by atoms with Crippen LogP contribution in [-0.2, 0) is 6.42 Å². The highest BCUT2D eigenvalue weighted by Gasteiger charge is 2.22. The number of nitrogens with zero attached hydrogens (tertiary/aromatic N) is 1. The molecule has 1 aromatic heterocycles. The summed E-state index contributed by atoms with van der Waals surface area (Å²) in [5.41, 5.74) is 2.56. The van der Waals surface area contributed by atoms with Crippen molar-refractivity contribution in [3.05, 3.63) is 30.0 Å². The molecule has 4 heteroatoms.